The first-order chi connectivity index (χ1) is 5.77. The van der Waals surface area contributed by atoms with Crippen LogP contribution in [0.1, 0.15) is 13.8 Å². The van der Waals surface area contributed by atoms with Gasteiger partial charge in [0.15, 0.2) is 0 Å². The summed E-state index contributed by atoms with van der Waals surface area (Å²) >= 11 is 6.95. The maximum absolute atomic E-state index is 10.6. The van der Waals surface area contributed by atoms with Gasteiger partial charge >= 0.3 is 5.97 Å². The molecule has 0 radical (unpaired) electrons. The summed E-state index contributed by atoms with van der Waals surface area (Å²) in [5.41, 5.74) is 5.49. The van der Waals surface area contributed by atoms with Gasteiger partial charge in [-0.2, -0.15) is 0 Å². The van der Waals surface area contributed by atoms with Crippen LogP contribution in [0.15, 0.2) is 11.6 Å². The number of nitrogens with two attached hydrogens (primary N) is 1. The third-order valence-corrected chi connectivity index (χ3v) is 3.40. The number of carboxylic acids is 1. The Balaban J connectivity index is 4.21. The zero-order chi connectivity index (χ0) is 10.6. The van der Waals surface area contributed by atoms with E-state index in [-0.39, 0.29) is 0 Å². The zero-order valence-corrected chi connectivity index (χ0v) is 9.28. The maximum Gasteiger partial charge on any atom is 0.321 e. The number of hydrogen-bond acceptors (Lipinski definition) is 3. The molecule has 13 heavy (non-hydrogen) atoms. The minimum atomic E-state index is -1.00. The summed E-state index contributed by atoms with van der Waals surface area (Å²) < 4.78 is -0.538. The maximum atomic E-state index is 10.6. The number of rotatable bonds is 5. The lowest BCUT2D eigenvalue weighted by Crippen LogP contribution is -2.46. The molecule has 0 aromatic heterocycles. The Kier molecular flexibility index (Phi) is 4.81. The van der Waals surface area contributed by atoms with E-state index in [0.717, 1.165) is 0 Å². The summed E-state index contributed by atoms with van der Waals surface area (Å²) in [5, 5.41) is 9.19. The quantitative estimate of drug-likeness (QED) is 0.744. The third-order valence-electron chi connectivity index (χ3n) is 1.62. The molecule has 0 aliphatic heterocycles. The van der Waals surface area contributed by atoms with Crippen LogP contribution in [0.4, 0.5) is 0 Å². The van der Waals surface area contributed by atoms with Crippen LogP contribution in [-0.2, 0) is 4.79 Å². The van der Waals surface area contributed by atoms with Crippen molar-refractivity contribution in [1.29, 1.82) is 0 Å². The van der Waals surface area contributed by atoms with E-state index in [4.69, 9.17) is 22.4 Å². The van der Waals surface area contributed by atoms with Gasteiger partial charge in [-0.3, -0.25) is 4.79 Å². The van der Waals surface area contributed by atoms with Gasteiger partial charge in [-0.05, 0) is 13.8 Å². The fourth-order valence-electron chi connectivity index (χ4n) is 0.651. The molecule has 0 aliphatic rings. The predicted octanol–water partition coefficient (Wildman–Crippen LogP) is 1.66. The van der Waals surface area contributed by atoms with Crippen molar-refractivity contribution in [2.45, 2.75) is 24.6 Å². The molecule has 0 unspecified atom stereocenters. The second-order valence-electron chi connectivity index (χ2n) is 3.23. The Morgan fingerprint density at radius 2 is 2.23 bits per heavy atom. The molecule has 0 amide bonds. The molecule has 0 fully saturated rings. The highest BCUT2D eigenvalue weighted by atomic mass is 35.5. The Bertz CT molecular complexity index is 218. The van der Waals surface area contributed by atoms with Crippen LogP contribution in [0, 0.1) is 0 Å². The Hall–Kier alpha value is -0.190. The zero-order valence-electron chi connectivity index (χ0n) is 7.71. The van der Waals surface area contributed by atoms with E-state index in [2.05, 4.69) is 6.58 Å². The van der Waals surface area contributed by atoms with E-state index < -0.39 is 16.8 Å². The van der Waals surface area contributed by atoms with Gasteiger partial charge in [0.25, 0.3) is 0 Å². The van der Waals surface area contributed by atoms with Gasteiger partial charge < -0.3 is 10.8 Å². The highest BCUT2D eigenvalue weighted by Crippen LogP contribution is 2.29. The van der Waals surface area contributed by atoms with Crippen LogP contribution in [0.2, 0.25) is 0 Å². The Morgan fingerprint density at radius 1 is 1.77 bits per heavy atom. The molecule has 0 heterocycles. The van der Waals surface area contributed by atoms with E-state index >= 15 is 0 Å². The largest absolute Gasteiger partial charge is 0.480 e. The molecule has 0 aromatic rings. The molecule has 1 atom stereocenters. The van der Waals surface area contributed by atoms with E-state index in [1.54, 1.807) is 13.8 Å². The predicted molar refractivity (Wildman–Crippen MR) is 57.1 cm³/mol. The minimum Gasteiger partial charge on any atom is -0.480 e. The van der Waals surface area contributed by atoms with Crippen molar-refractivity contribution in [3.05, 3.63) is 11.6 Å². The molecule has 3 N–H and O–H groups in total. The average Bonchev–Trinajstić information content (AvgIpc) is 1.99. The van der Waals surface area contributed by atoms with Gasteiger partial charge in [-0.25, -0.2) is 0 Å². The molecule has 3 nitrogen and oxygen atoms in total. The van der Waals surface area contributed by atoms with E-state index in [1.165, 1.54) is 11.8 Å². The summed E-state index contributed by atoms with van der Waals surface area (Å²) in [6.45, 7) is 7.07. The second kappa shape index (κ2) is 4.88. The van der Waals surface area contributed by atoms with Crippen LogP contribution >= 0.6 is 23.4 Å². The number of carbonyl (C=O) groups is 1. The van der Waals surface area contributed by atoms with E-state index in [1.807, 2.05) is 0 Å². The summed E-state index contributed by atoms with van der Waals surface area (Å²) in [7, 11) is 0. The van der Waals surface area contributed by atoms with Gasteiger partial charge in [0, 0.05) is 15.5 Å². The van der Waals surface area contributed by atoms with E-state index in [9.17, 15) is 4.79 Å². The van der Waals surface area contributed by atoms with Crippen molar-refractivity contribution < 1.29 is 9.90 Å². The summed E-state index contributed by atoms with van der Waals surface area (Å²) in [4.78, 5) is 10.6. The fourth-order valence-corrected chi connectivity index (χ4v) is 1.62. The van der Waals surface area contributed by atoms with Crippen LogP contribution in [0.3, 0.4) is 0 Å². The normalized spacial score (nSPS) is 13.8. The van der Waals surface area contributed by atoms with Crippen molar-refractivity contribution in [3.8, 4) is 0 Å². The topological polar surface area (TPSA) is 63.3 Å². The standard InChI is InChI=1S/C8H14ClNO2S/c1-5(9)4-13-8(2,3)6(10)7(11)12/h6H,1,4,10H2,2-3H3,(H,11,12)/t6-/m1/s1. The summed E-state index contributed by atoms with van der Waals surface area (Å²) in [5.74, 6) is -0.493. The van der Waals surface area contributed by atoms with Crippen LogP contribution in [0.25, 0.3) is 0 Å². The molecule has 0 saturated heterocycles. The highest BCUT2D eigenvalue weighted by Gasteiger charge is 2.32. The lowest BCUT2D eigenvalue weighted by Gasteiger charge is -2.27. The Labute approximate surface area is 87.3 Å². The van der Waals surface area contributed by atoms with Gasteiger partial charge in [0.2, 0.25) is 0 Å². The van der Waals surface area contributed by atoms with Gasteiger partial charge in [-0.15, -0.1) is 11.8 Å². The second-order valence-corrected chi connectivity index (χ2v) is 5.39. The molecule has 76 valence electrons. The van der Waals surface area contributed by atoms with Gasteiger partial charge in [-0.1, -0.05) is 18.2 Å². The molecule has 5 heteroatoms. The van der Waals surface area contributed by atoms with Crippen LogP contribution in [-0.4, -0.2) is 27.6 Å². The van der Waals surface area contributed by atoms with Crippen LogP contribution < -0.4 is 5.73 Å². The molecule has 0 aliphatic carbocycles. The SMILES string of the molecule is C=C(Cl)CSC(C)(C)[C@H](N)C(=O)O. The van der Waals surface area contributed by atoms with Crippen molar-refractivity contribution in [3.63, 3.8) is 0 Å². The molecule has 0 rings (SSSR count). The first-order valence-electron chi connectivity index (χ1n) is 3.73. The van der Waals surface area contributed by atoms with Crippen molar-refractivity contribution >= 4 is 29.3 Å². The first-order valence-corrected chi connectivity index (χ1v) is 5.09. The lowest BCUT2D eigenvalue weighted by atomic mass is 10.1. The summed E-state index contributed by atoms with van der Waals surface area (Å²) in [6, 6.07) is -0.895. The van der Waals surface area contributed by atoms with Gasteiger partial charge in [0.1, 0.15) is 6.04 Å². The number of halogens is 1. The number of carboxylic acid groups (broad SMARTS) is 1. The molecular formula is C8H14ClNO2S. The fraction of sp³-hybridized carbons (Fsp3) is 0.625. The smallest absolute Gasteiger partial charge is 0.321 e. The van der Waals surface area contributed by atoms with Gasteiger partial charge in [0.05, 0.1) is 0 Å². The molecule has 0 spiro atoms. The minimum absolute atomic E-state index is 0.496. The molecular weight excluding hydrogens is 210 g/mol. The first kappa shape index (κ1) is 12.8. The van der Waals surface area contributed by atoms with Crippen LogP contribution in [0.5, 0.6) is 0 Å². The highest BCUT2D eigenvalue weighted by molar-refractivity contribution is 8.00. The molecule has 0 saturated carbocycles. The summed E-state index contributed by atoms with van der Waals surface area (Å²) in [6.07, 6.45) is 0. The Morgan fingerprint density at radius 3 is 2.54 bits per heavy atom. The van der Waals surface area contributed by atoms with Crippen molar-refractivity contribution in [1.82, 2.24) is 0 Å². The van der Waals surface area contributed by atoms with Crippen molar-refractivity contribution in [2.75, 3.05) is 5.75 Å². The van der Waals surface area contributed by atoms with E-state index in [0.29, 0.717) is 10.8 Å². The van der Waals surface area contributed by atoms with Crippen molar-refractivity contribution in [2.24, 2.45) is 5.73 Å². The molecule has 0 bridgehead atoms. The molecule has 0 aromatic carbocycles. The lowest BCUT2D eigenvalue weighted by molar-refractivity contribution is -0.139. The number of aliphatic carboxylic acids is 1. The number of hydrogen-bond donors (Lipinski definition) is 2. The monoisotopic (exact) mass is 223 g/mol. The third kappa shape index (κ3) is 4.55. The average molecular weight is 224 g/mol. The number of thioether (sulfide) groups is 1.